The maximum Gasteiger partial charge on any atom is 0.419 e. The summed E-state index contributed by atoms with van der Waals surface area (Å²) in [6, 6.07) is 2.56. The first-order valence-corrected chi connectivity index (χ1v) is 5.47. The first-order valence-electron chi connectivity index (χ1n) is 5.47. The fraction of sp³-hybridized carbons (Fsp3) is 0.417. The normalized spacial score (nSPS) is 11.8. The van der Waals surface area contributed by atoms with E-state index >= 15 is 0 Å². The van der Waals surface area contributed by atoms with Crippen molar-refractivity contribution in [3.05, 3.63) is 35.1 Å². The number of amides is 1. The van der Waals surface area contributed by atoms with E-state index in [4.69, 9.17) is 5.73 Å². The van der Waals surface area contributed by atoms with E-state index < -0.39 is 34.6 Å². The van der Waals surface area contributed by atoms with Crippen molar-refractivity contribution < 1.29 is 22.4 Å². The number of carbonyl (C=O) groups excluding carboxylic acids is 1. The van der Waals surface area contributed by atoms with Crippen LogP contribution < -0.4 is 11.1 Å². The minimum absolute atomic E-state index is 0. The zero-order valence-corrected chi connectivity index (χ0v) is 11.7. The van der Waals surface area contributed by atoms with Crippen LogP contribution in [0.5, 0.6) is 0 Å². The molecule has 0 radical (unpaired) electrons. The number of hydrogen-bond donors (Lipinski definition) is 2. The summed E-state index contributed by atoms with van der Waals surface area (Å²) in [4.78, 5) is 11.7. The number of hydrogen-bond acceptors (Lipinski definition) is 2. The van der Waals surface area contributed by atoms with Gasteiger partial charge in [0, 0.05) is 12.1 Å². The molecule has 0 saturated carbocycles. The van der Waals surface area contributed by atoms with Gasteiger partial charge in [0.15, 0.2) is 0 Å². The summed E-state index contributed by atoms with van der Waals surface area (Å²) in [5.74, 6) is -2.51. The molecule has 0 aliphatic carbocycles. The maximum atomic E-state index is 13.7. The largest absolute Gasteiger partial charge is 0.419 e. The van der Waals surface area contributed by atoms with Crippen LogP contribution in [0, 0.1) is 5.82 Å². The summed E-state index contributed by atoms with van der Waals surface area (Å²) in [7, 11) is 0. The molecule has 20 heavy (non-hydrogen) atoms. The molecule has 3 nitrogen and oxygen atoms in total. The van der Waals surface area contributed by atoms with Crippen molar-refractivity contribution in [3.8, 4) is 0 Å². The van der Waals surface area contributed by atoms with Gasteiger partial charge < -0.3 is 11.1 Å². The van der Waals surface area contributed by atoms with Crippen LogP contribution in [0.25, 0.3) is 0 Å². The van der Waals surface area contributed by atoms with Crippen molar-refractivity contribution in [2.24, 2.45) is 5.73 Å². The molecule has 0 unspecified atom stereocenters. The molecule has 1 amide bonds. The number of alkyl halides is 3. The summed E-state index contributed by atoms with van der Waals surface area (Å²) in [6.07, 6.45) is -4.84. The lowest BCUT2D eigenvalue weighted by atomic mass is 10.0. The lowest BCUT2D eigenvalue weighted by Crippen LogP contribution is -2.49. The molecule has 1 aromatic rings. The van der Waals surface area contributed by atoms with Gasteiger partial charge in [-0.15, -0.1) is 12.4 Å². The van der Waals surface area contributed by atoms with E-state index in [9.17, 15) is 22.4 Å². The minimum Gasteiger partial charge on any atom is -0.346 e. The van der Waals surface area contributed by atoms with Crippen molar-refractivity contribution in [2.75, 3.05) is 6.54 Å². The summed E-state index contributed by atoms with van der Waals surface area (Å²) in [6.45, 7) is 3.23. The van der Waals surface area contributed by atoms with Gasteiger partial charge in [-0.3, -0.25) is 4.79 Å². The molecule has 3 N–H and O–H groups in total. The zero-order chi connectivity index (χ0) is 14.8. The smallest absolute Gasteiger partial charge is 0.346 e. The second-order valence-corrected chi connectivity index (χ2v) is 4.71. The highest BCUT2D eigenvalue weighted by atomic mass is 35.5. The molecule has 0 heterocycles. The third-order valence-electron chi connectivity index (χ3n) is 2.51. The van der Waals surface area contributed by atoms with E-state index in [-0.39, 0.29) is 19.0 Å². The van der Waals surface area contributed by atoms with E-state index in [1.807, 2.05) is 0 Å². The van der Waals surface area contributed by atoms with Crippen LogP contribution in [-0.4, -0.2) is 18.0 Å². The molecule has 114 valence electrons. The van der Waals surface area contributed by atoms with Gasteiger partial charge >= 0.3 is 6.18 Å². The number of carbonyl (C=O) groups is 1. The number of nitrogens with two attached hydrogens (primary N) is 1. The molecule has 0 spiro atoms. The first-order chi connectivity index (χ1) is 8.58. The van der Waals surface area contributed by atoms with E-state index in [0.717, 1.165) is 12.1 Å². The van der Waals surface area contributed by atoms with Crippen molar-refractivity contribution >= 4 is 18.3 Å². The van der Waals surface area contributed by atoms with E-state index in [1.54, 1.807) is 13.8 Å². The van der Waals surface area contributed by atoms with Gasteiger partial charge in [0.25, 0.3) is 5.91 Å². The quantitative estimate of drug-likeness (QED) is 0.843. The maximum absolute atomic E-state index is 13.7. The lowest BCUT2D eigenvalue weighted by Gasteiger charge is -2.24. The molecular weight excluding hydrogens is 300 g/mol. The molecule has 0 atom stereocenters. The molecule has 8 heteroatoms. The van der Waals surface area contributed by atoms with Crippen LogP contribution in [0.3, 0.4) is 0 Å². The molecular formula is C12H15ClF4N2O. The fourth-order valence-corrected chi connectivity index (χ4v) is 1.35. The summed E-state index contributed by atoms with van der Waals surface area (Å²) in [5, 5.41) is 2.37. The Balaban J connectivity index is 0.00000361. The highest BCUT2D eigenvalue weighted by Gasteiger charge is 2.36. The Morgan fingerprint density at radius 1 is 1.30 bits per heavy atom. The van der Waals surface area contributed by atoms with Crippen molar-refractivity contribution in [2.45, 2.75) is 25.6 Å². The number of nitrogens with one attached hydrogen (secondary N) is 1. The molecule has 1 rings (SSSR count). The first kappa shape index (κ1) is 18.7. The van der Waals surface area contributed by atoms with Crippen molar-refractivity contribution in [3.63, 3.8) is 0 Å². The Hall–Kier alpha value is -1.34. The van der Waals surface area contributed by atoms with Gasteiger partial charge in [-0.2, -0.15) is 13.2 Å². The SMILES string of the molecule is CC(C)(CN)NC(=O)c1cccc(C(F)(F)F)c1F.Cl. The van der Waals surface area contributed by atoms with Crippen LogP contribution in [0.2, 0.25) is 0 Å². The Morgan fingerprint density at radius 2 is 1.85 bits per heavy atom. The number of rotatable bonds is 3. The molecule has 0 aromatic heterocycles. The highest BCUT2D eigenvalue weighted by molar-refractivity contribution is 5.95. The van der Waals surface area contributed by atoms with E-state index in [0.29, 0.717) is 6.07 Å². The minimum atomic E-state index is -4.84. The molecule has 1 aromatic carbocycles. The fourth-order valence-electron chi connectivity index (χ4n) is 1.35. The monoisotopic (exact) mass is 314 g/mol. The van der Waals surface area contributed by atoms with Crippen LogP contribution >= 0.6 is 12.4 Å². The van der Waals surface area contributed by atoms with Gasteiger partial charge in [0.2, 0.25) is 0 Å². The highest BCUT2D eigenvalue weighted by Crippen LogP contribution is 2.32. The van der Waals surface area contributed by atoms with Crippen LogP contribution in [-0.2, 0) is 6.18 Å². The second-order valence-electron chi connectivity index (χ2n) is 4.71. The van der Waals surface area contributed by atoms with Crippen LogP contribution in [0.15, 0.2) is 18.2 Å². The van der Waals surface area contributed by atoms with Crippen LogP contribution in [0.1, 0.15) is 29.8 Å². The van der Waals surface area contributed by atoms with Gasteiger partial charge in [-0.05, 0) is 26.0 Å². The molecule has 0 aliphatic rings. The average molecular weight is 315 g/mol. The molecule has 0 bridgehead atoms. The summed E-state index contributed by atoms with van der Waals surface area (Å²) in [5.41, 5.74) is 2.42. The van der Waals surface area contributed by atoms with Gasteiger partial charge in [-0.1, -0.05) is 6.07 Å². The third-order valence-corrected chi connectivity index (χ3v) is 2.51. The second kappa shape index (κ2) is 6.41. The average Bonchev–Trinajstić information content (AvgIpc) is 2.27. The van der Waals surface area contributed by atoms with E-state index in [1.165, 1.54) is 0 Å². The number of benzene rings is 1. The summed E-state index contributed by atoms with van der Waals surface area (Å²) < 4.78 is 51.2. The predicted octanol–water partition coefficient (Wildman–Crippen LogP) is 2.73. The van der Waals surface area contributed by atoms with Crippen LogP contribution in [0.4, 0.5) is 17.6 Å². The Bertz CT molecular complexity index is 489. The lowest BCUT2D eigenvalue weighted by molar-refractivity contribution is -0.140. The predicted molar refractivity (Wildman–Crippen MR) is 69.2 cm³/mol. The Kier molecular flexibility index (Phi) is 5.98. The summed E-state index contributed by atoms with van der Waals surface area (Å²) >= 11 is 0. The van der Waals surface area contributed by atoms with Crippen molar-refractivity contribution in [1.82, 2.24) is 5.32 Å². The molecule has 0 aliphatic heterocycles. The van der Waals surface area contributed by atoms with E-state index in [2.05, 4.69) is 5.32 Å². The number of halogens is 5. The van der Waals surface area contributed by atoms with Gasteiger partial charge in [0.05, 0.1) is 11.1 Å². The zero-order valence-electron chi connectivity index (χ0n) is 10.8. The molecule has 0 saturated heterocycles. The topological polar surface area (TPSA) is 55.1 Å². The standard InChI is InChI=1S/C12H14F4N2O.ClH/c1-11(2,6-17)18-10(19)7-4-3-5-8(9(7)13)12(14,15)16;/h3-5H,6,17H2,1-2H3,(H,18,19);1H. The molecule has 0 fully saturated rings. The Morgan fingerprint density at radius 3 is 2.30 bits per heavy atom. The van der Waals surface area contributed by atoms with Gasteiger partial charge in [0.1, 0.15) is 5.82 Å². The third kappa shape index (κ3) is 4.35. The Labute approximate surface area is 119 Å². The van der Waals surface area contributed by atoms with Crippen molar-refractivity contribution in [1.29, 1.82) is 0 Å². The van der Waals surface area contributed by atoms with Gasteiger partial charge in [-0.25, -0.2) is 4.39 Å².